The van der Waals surface area contributed by atoms with Crippen LogP contribution in [-0.4, -0.2) is 36.9 Å². The highest BCUT2D eigenvalue weighted by Gasteiger charge is 2.38. The molecule has 2 heterocycles. The summed E-state index contributed by atoms with van der Waals surface area (Å²) in [7, 11) is -4.05. The Morgan fingerprint density at radius 1 is 1.27 bits per heavy atom. The van der Waals surface area contributed by atoms with E-state index in [0.717, 1.165) is 16.2 Å². The molecular formula is C16H17FN2O6S. The van der Waals surface area contributed by atoms with E-state index in [1.165, 1.54) is 18.3 Å². The molecule has 2 aromatic rings. The van der Waals surface area contributed by atoms with Crippen molar-refractivity contribution in [3.63, 3.8) is 0 Å². The molecule has 0 aliphatic carbocycles. The van der Waals surface area contributed by atoms with E-state index in [9.17, 15) is 22.4 Å². The number of benzene rings is 1. The molecule has 1 aliphatic heterocycles. The Labute approximate surface area is 148 Å². The number of nitrogens with one attached hydrogen (secondary N) is 1. The molecule has 0 saturated carbocycles. The average Bonchev–Trinajstić information content (AvgIpc) is 2.94. The zero-order valence-corrected chi connectivity index (χ0v) is 14.6. The van der Waals surface area contributed by atoms with Gasteiger partial charge in [-0.25, -0.2) is 9.18 Å². The van der Waals surface area contributed by atoms with Gasteiger partial charge in [0.1, 0.15) is 18.5 Å². The summed E-state index contributed by atoms with van der Waals surface area (Å²) in [6, 6.07) is 7.16. The number of hydrogen-bond donors (Lipinski definition) is 1. The van der Waals surface area contributed by atoms with E-state index >= 15 is 0 Å². The maximum atomic E-state index is 14.2. The van der Waals surface area contributed by atoms with Crippen LogP contribution in [0.25, 0.3) is 0 Å². The molecule has 1 aromatic carbocycles. The van der Waals surface area contributed by atoms with Crippen LogP contribution in [0.2, 0.25) is 0 Å². The molecule has 1 N–H and O–H groups in total. The fraction of sp³-hybridized carbons (Fsp3) is 0.375. The molecule has 0 bridgehead atoms. The summed E-state index contributed by atoms with van der Waals surface area (Å²) < 4.78 is 49.8. The Bertz CT molecular complexity index is 998. The molecule has 1 saturated heterocycles. The van der Waals surface area contributed by atoms with Gasteiger partial charge in [0.15, 0.2) is 0 Å². The van der Waals surface area contributed by atoms with Crippen LogP contribution in [-0.2, 0) is 19.0 Å². The molecule has 10 heteroatoms. The van der Waals surface area contributed by atoms with E-state index in [0.29, 0.717) is 0 Å². The first-order valence-electron chi connectivity index (χ1n) is 7.83. The van der Waals surface area contributed by atoms with E-state index < -0.39 is 46.5 Å². The van der Waals surface area contributed by atoms with Crippen molar-refractivity contribution in [1.82, 2.24) is 9.55 Å². The lowest BCUT2D eigenvalue weighted by Crippen LogP contribution is -2.32. The van der Waals surface area contributed by atoms with Gasteiger partial charge in [-0.2, -0.15) is 8.42 Å². The predicted molar refractivity (Wildman–Crippen MR) is 89.1 cm³/mol. The van der Waals surface area contributed by atoms with Crippen LogP contribution in [0.5, 0.6) is 0 Å². The number of halogens is 1. The molecule has 0 radical (unpaired) electrons. The normalized spacial score (nSPS) is 23.2. The van der Waals surface area contributed by atoms with Crippen LogP contribution in [0.4, 0.5) is 4.39 Å². The van der Waals surface area contributed by atoms with Gasteiger partial charge in [-0.15, -0.1) is 0 Å². The number of aryl methyl sites for hydroxylation is 1. The molecule has 3 rings (SSSR count). The Kier molecular flexibility index (Phi) is 5.08. The molecule has 8 nitrogen and oxygen atoms in total. The molecule has 26 heavy (non-hydrogen) atoms. The minimum Gasteiger partial charge on any atom is -0.349 e. The minimum absolute atomic E-state index is 0.0371. The highest BCUT2D eigenvalue weighted by Crippen LogP contribution is 2.30. The van der Waals surface area contributed by atoms with Crippen molar-refractivity contribution in [2.45, 2.75) is 36.7 Å². The van der Waals surface area contributed by atoms with Gasteiger partial charge in [0.05, 0.1) is 11.5 Å². The fourth-order valence-electron chi connectivity index (χ4n) is 2.59. The maximum Gasteiger partial charge on any atom is 0.330 e. The molecule has 1 aliphatic rings. The van der Waals surface area contributed by atoms with Crippen LogP contribution < -0.4 is 11.2 Å². The van der Waals surface area contributed by atoms with Crippen LogP contribution in [0.1, 0.15) is 18.2 Å². The second-order valence-electron chi connectivity index (χ2n) is 5.95. The molecule has 0 amide bonds. The van der Waals surface area contributed by atoms with Gasteiger partial charge in [-0.1, -0.05) is 17.7 Å². The summed E-state index contributed by atoms with van der Waals surface area (Å²) in [4.78, 5) is 24.8. The number of aromatic nitrogens is 2. The Hall–Kier alpha value is -2.30. The van der Waals surface area contributed by atoms with Crippen molar-refractivity contribution in [3.05, 3.63) is 62.9 Å². The van der Waals surface area contributed by atoms with Crippen LogP contribution in [0.3, 0.4) is 0 Å². The first kappa shape index (κ1) is 18.5. The van der Waals surface area contributed by atoms with Gasteiger partial charge in [-0.3, -0.25) is 18.5 Å². The van der Waals surface area contributed by atoms with Gasteiger partial charge in [-0.05, 0) is 19.1 Å². The van der Waals surface area contributed by atoms with Gasteiger partial charge >= 0.3 is 5.69 Å². The second kappa shape index (κ2) is 7.14. The molecule has 0 spiro atoms. The van der Waals surface area contributed by atoms with Gasteiger partial charge in [0.2, 0.25) is 0 Å². The average molecular weight is 384 g/mol. The van der Waals surface area contributed by atoms with E-state index in [1.807, 2.05) is 11.9 Å². The number of nitrogens with zero attached hydrogens (tertiary/aromatic N) is 1. The molecule has 0 unspecified atom stereocenters. The third kappa shape index (κ3) is 3.92. The summed E-state index contributed by atoms with van der Waals surface area (Å²) in [6.45, 7) is 1.29. The van der Waals surface area contributed by atoms with Crippen molar-refractivity contribution >= 4 is 10.1 Å². The standard InChI is InChI=1S/C16H17FN2O6S/c1-10-2-4-11(5-3-10)26(22,23)24-9-13-12(17)8-15(25-13)19-7-6-14(20)18-16(19)21/h2-7,12-13,15H,8-9H2,1H3,(H,18,20,21)/t12-,13+,15+/m0/s1. The largest absolute Gasteiger partial charge is 0.349 e. The SMILES string of the molecule is Cc1ccc(S(=O)(=O)OC[C@H]2O[C@@H](n3ccc(=O)[nH]c3=O)C[C@@H]2F)cc1. The lowest BCUT2D eigenvalue weighted by molar-refractivity contribution is -0.0297. The summed E-state index contributed by atoms with van der Waals surface area (Å²) in [5.41, 5.74) is -0.422. The molecule has 1 fully saturated rings. The van der Waals surface area contributed by atoms with Gasteiger partial charge in [0.25, 0.3) is 15.7 Å². The summed E-state index contributed by atoms with van der Waals surface area (Å²) in [5.74, 6) is 0. The minimum atomic E-state index is -4.05. The highest BCUT2D eigenvalue weighted by molar-refractivity contribution is 7.86. The smallest absolute Gasteiger partial charge is 0.330 e. The van der Waals surface area contributed by atoms with Crippen LogP contribution in [0.15, 0.2) is 51.0 Å². The van der Waals surface area contributed by atoms with Crippen molar-refractivity contribution < 1.29 is 21.7 Å². The number of ether oxygens (including phenoxy) is 1. The van der Waals surface area contributed by atoms with Crippen molar-refractivity contribution in [2.24, 2.45) is 0 Å². The predicted octanol–water partition coefficient (Wildman–Crippen LogP) is 0.876. The van der Waals surface area contributed by atoms with Crippen LogP contribution >= 0.6 is 0 Å². The number of hydrogen-bond acceptors (Lipinski definition) is 6. The third-order valence-electron chi connectivity index (χ3n) is 4.02. The van der Waals surface area contributed by atoms with E-state index in [-0.39, 0.29) is 11.3 Å². The summed E-state index contributed by atoms with van der Waals surface area (Å²) in [6.07, 6.45) is -2.59. The van der Waals surface area contributed by atoms with E-state index in [1.54, 1.807) is 12.1 Å². The van der Waals surface area contributed by atoms with Crippen molar-refractivity contribution in [1.29, 1.82) is 0 Å². The van der Waals surface area contributed by atoms with E-state index in [4.69, 9.17) is 8.92 Å². The third-order valence-corrected chi connectivity index (χ3v) is 5.32. The van der Waals surface area contributed by atoms with Crippen molar-refractivity contribution in [2.75, 3.05) is 6.61 Å². The fourth-order valence-corrected chi connectivity index (χ4v) is 3.51. The lowest BCUT2D eigenvalue weighted by Gasteiger charge is -2.15. The number of aromatic amines is 1. The number of rotatable bonds is 5. The Morgan fingerprint density at radius 3 is 2.62 bits per heavy atom. The zero-order valence-electron chi connectivity index (χ0n) is 13.8. The lowest BCUT2D eigenvalue weighted by atomic mass is 10.2. The highest BCUT2D eigenvalue weighted by atomic mass is 32.2. The van der Waals surface area contributed by atoms with Crippen LogP contribution in [0, 0.1) is 6.92 Å². The summed E-state index contributed by atoms with van der Waals surface area (Å²) in [5, 5.41) is 0. The Balaban J connectivity index is 1.68. The van der Waals surface area contributed by atoms with Gasteiger partial charge in [0, 0.05) is 18.7 Å². The molecule has 3 atom stereocenters. The monoisotopic (exact) mass is 384 g/mol. The molecule has 1 aromatic heterocycles. The Morgan fingerprint density at radius 2 is 1.96 bits per heavy atom. The number of H-pyrrole nitrogens is 1. The maximum absolute atomic E-state index is 14.2. The first-order chi connectivity index (χ1) is 12.3. The summed E-state index contributed by atoms with van der Waals surface area (Å²) >= 11 is 0. The second-order valence-corrected chi connectivity index (χ2v) is 7.57. The topological polar surface area (TPSA) is 107 Å². The molecular weight excluding hydrogens is 367 g/mol. The quantitative estimate of drug-likeness (QED) is 0.767. The van der Waals surface area contributed by atoms with Crippen molar-refractivity contribution in [3.8, 4) is 0 Å². The van der Waals surface area contributed by atoms with Gasteiger partial charge < -0.3 is 4.74 Å². The van der Waals surface area contributed by atoms with E-state index in [2.05, 4.69) is 0 Å². The number of alkyl halides is 1. The zero-order chi connectivity index (χ0) is 18.9. The first-order valence-corrected chi connectivity index (χ1v) is 9.24. The molecule has 140 valence electrons.